The SMILES string of the molecule is CNC(C)CCc1c(Br)cnn1CCOC. The van der Waals surface area contributed by atoms with Crippen LogP contribution < -0.4 is 5.32 Å². The van der Waals surface area contributed by atoms with Crippen molar-refractivity contribution in [3.8, 4) is 0 Å². The molecule has 5 heteroatoms. The van der Waals surface area contributed by atoms with Crippen LogP contribution >= 0.6 is 15.9 Å². The molecule has 1 aromatic rings. The standard InChI is InChI=1S/C11H20BrN3O/c1-9(13-2)4-5-11-10(12)8-14-15(11)6-7-16-3/h8-9,13H,4-7H2,1-3H3. The number of halogens is 1. The number of ether oxygens (including phenoxy) is 1. The van der Waals surface area contributed by atoms with Crippen LogP contribution in [0.1, 0.15) is 19.0 Å². The molecular formula is C11H20BrN3O. The molecule has 1 heterocycles. The summed E-state index contributed by atoms with van der Waals surface area (Å²) < 4.78 is 8.17. The number of methoxy groups -OCH3 is 1. The lowest BCUT2D eigenvalue weighted by Crippen LogP contribution is -2.22. The van der Waals surface area contributed by atoms with Gasteiger partial charge in [-0.1, -0.05) is 0 Å². The minimum absolute atomic E-state index is 0.526. The summed E-state index contributed by atoms with van der Waals surface area (Å²) in [6, 6.07) is 0.526. The van der Waals surface area contributed by atoms with Crippen molar-refractivity contribution in [3.05, 3.63) is 16.4 Å². The smallest absolute Gasteiger partial charge is 0.0658 e. The van der Waals surface area contributed by atoms with Gasteiger partial charge in [-0.05, 0) is 42.7 Å². The summed E-state index contributed by atoms with van der Waals surface area (Å²) in [7, 11) is 3.70. The lowest BCUT2D eigenvalue weighted by molar-refractivity contribution is 0.182. The molecule has 1 rings (SSSR count). The maximum Gasteiger partial charge on any atom is 0.0658 e. The van der Waals surface area contributed by atoms with Gasteiger partial charge in [0.05, 0.1) is 29.5 Å². The number of nitrogens with zero attached hydrogens (tertiary/aromatic N) is 2. The highest BCUT2D eigenvalue weighted by molar-refractivity contribution is 9.10. The van der Waals surface area contributed by atoms with Crippen LogP contribution in [0.3, 0.4) is 0 Å². The zero-order chi connectivity index (χ0) is 12.0. The van der Waals surface area contributed by atoms with Gasteiger partial charge in [-0.2, -0.15) is 5.10 Å². The van der Waals surface area contributed by atoms with Crippen molar-refractivity contribution >= 4 is 15.9 Å². The minimum atomic E-state index is 0.526. The number of nitrogens with one attached hydrogen (secondary N) is 1. The topological polar surface area (TPSA) is 39.1 Å². The van der Waals surface area contributed by atoms with E-state index in [1.165, 1.54) is 5.69 Å². The first-order valence-corrected chi connectivity index (χ1v) is 6.34. The van der Waals surface area contributed by atoms with Crippen molar-refractivity contribution in [2.45, 2.75) is 32.4 Å². The van der Waals surface area contributed by atoms with Gasteiger partial charge >= 0.3 is 0 Å². The van der Waals surface area contributed by atoms with E-state index in [4.69, 9.17) is 4.74 Å². The van der Waals surface area contributed by atoms with Crippen molar-refractivity contribution in [1.29, 1.82) is 0 Å². The van der Waals surface area contributed by atoms with Crippen LogP contribution in [0.4, 0.5) is 0 Å². The Labute approximate surface area is 105 Å². The average Bonchev–Trinajstić information content (AvgIpc) is 2.64. The zero-order valence-electron chi connectivity index (χ0n) is 10.2. The van der Waals surface area contributed by atoms with E-state index < -0.39 is 0 Å². The summed E-state index contributed by atoms with van der Waals surface area (Å²) in [6.45, 7) is 3.69. The maximum atomic E-state index is 5.07. The molecular weight excluding hydrogens is 270 g/mol. The van der Waals surface area contributed by atoms with Crippen molar-refractivity contribution in [2.75, 3.05) is 20.8 Å². The molecule has 16 heavy (non-hydrogen) atoms. The molecule has 4 nitrogen and oxygen atoms in total. The second-order valence-corrected chi connectivity index (χ2v) is 4.74. The van der Waals surface area contributed by atoms with Crippen LogP contribution in [-0.2, 0) is 17.7 Å². The maximum absolute atomic E-state index is 5.07. The Kier molecular flexibility index (Phi) is 6.01. The molecule has 1 N–H and O–H groups in total. The highest BCUT2D eigenvalue weighted by atomic mass is 79.9. The lowest BCUT2D eigenvalue weighted by Gasteiger charge is -2.11. The first kappa shape index (κ1) is 13.7. The van der Waals surface area contributed by atoms with E-state index in [-0.39, 0.29) is 0 Å². The Morgan fingerprint density at radius 3 is 3.00 bits per heavy atom. The molecule has 0 fully saturated rings. The first-order valence-electron chi connectivity index (χ1n) is 5.55. The fourth-order valence-corrected chi connectivity index (χ4v) is 2.00. The Morgan fingerprint density at radius 1 is 1.62 bits per heavy atom. The average molecular weight is 290 g/mol. The predicted molar refractivity (Wildman–Crippen MR) is 68.6 cm³/mol. The summed E-state index contributed by atoms with van der Waals surface area (Å²) >= 11 is 3.54. The minimum Gasteiger partial charge on any atom is -0.383 e. The van der Waals surface area contributed by atoms with Gasteiger partial charge in [0.25, 0.3) is 0 Å². The van der Waals surface area contributed by atoms with Crippen molar-refractivity contribution in [1.82, 2.24) is 15.1 Å². The normalized spacial score (nSPS) is 13.0. The summed E-state index contributed by atoms with van der Waals surface area (Å²) in [4.78, 5) is 0. The van der Waals surface area contributed by atoms with Gasteiger partial charge in [0.15, 0.2) is 0 Å². The molecule has 0 aliphatic heterocycles. The highest BCUT2D eigenvalue weighted by Crippen LogP contribution is 2.18. The van der Waals surface area contributed by atoms with E-state index >= 15 is 0 Å². The molecule has 1 unspecified atom stereocenters. The Balaban J connectivity index is 2.58. The molecule has 0 aliphatic rings. The molecule has 0 spiro atoms. The van der Waals surface area contributed by atoms with Crippen molar-refractivity contribution in [3.63, 3.8) is 0 Å². The molecule has 1 aromatic heterocycles. The van der Waals surface area contributed by atoms with Gasteiger partial charge in [-0.15, -0.1) is 0 Å². The predicted octanol–water partition coefficient (Wildman–Crippen LogP) is 1.83. The van der Waals surface area contributed by atoms with Gasteiger partial charge in [0.2, 0.25) is 0 Å². The molecule has 0 aromatic carbocycles. The largest absolute Gasteiger partial charge is 0.383 e. The highest BCUT2D eigenvalue weighted by Gasteiger charge is 2.09. The molecule has 0 radical (unpaired) electrons. The summed E-state index contributed by atoms with van der Waals surface area (Å²) in [5.41, 5.74) is 1.25. The zero-order valence-corrected chi connectivity index (χ0v) is 11.7. The lowest BCUT2D eigenvalue weighted by atomic mass is 10.1. The Bertz CT molecular complexity index is 314. The summed E-state index contributed by atoms with van der Waals surface area (Å²) in [6.07, 6.45) is 3.98. The van der Waals surface area contributed by atoms with E-state index in [9.17, 15) is 0 Å². The van der Waals surface area contributed by atoms with E-state index in [0.29, 0.717) is 12.6 Å². The van der Waals surface area contributed by atoms with Gasteiger partial charge in [0, 0.05) is 13.2 Å². The van der Waals surface area contributed by atoms with Gasteiger partial charge < -0.3 is 10.1 Å². The molecule has 1 atom stereocenters. The molecule has 0 saturated carbocycles. The van der Waals surface area contributed by atoms with Crippen molar-refractivity contribution < 1.29 is 4.74 Å². The second kappa shape index (κ2) is 7.04. The van der Waals surface area contributed by atoms with Crippen LogP contribution in [0.2, 0.25) is 0 Å². The van der Waals surface area contributed by atoms with Crippen LogP contribution in [0.5, 0.6) is 0 Å². The van der Waals surface area contributed by atoms with E-state index in [0.717, 1.165) is 23.9 Å². The summed E-state index contributed by atoms with van der Waals surface area (Å²) in [5, 5.41) is 7.57. The fourth-order valence-electron chi connectivity index (χ4n) is 1.50. The monoisotopic (exact) mass is 289 g/mol. The first-order chi connectivity index (χ1) is 7.69. The van der Waals surface area contributed by atoms with E-state index in [1.54, 1.807) is 7.11 Å². The number of rotatable bonds is 7. The van der Waals surface area contributed by atoms with E-state index in [2.05, 4.69) is 33.3 Å². The number of aromatic nitrogens is 2. The fraction of sp³-hybridized carbons (Fsp3) is 0.727. The second-order valence-electron chi connectivity index (χ2n) is 3.88. The molecule has 0 bridgehead atoms. The molecule has 0 saturated heterocycles. The third-order valence-corrected chi connectivity index (χ3v) is 3.37. The molecule has 92 valence electrons. The van der Waals surface area contributed by atoms with Gasteiger partial charge in [0.1, 0.15) is 0 Å². The molecule has 0 amide bonds. The Morgan fingerprint density at radius 2 is 2.38 bits per heavy atom. The summed E-state index contributed by atoms with van der Waals surface area (Å²) in [5.74, 6) is 0. The quantitative estimate of drug-likeness (QED) is 0.832. The van der Waals surface area contributed by atoms with Crippen LogP contribution in [0.15, 0.2) is 10.7 Å². The molecule has 0 aliphatic carbocycles. The number of hydrogen-bond acceptors (Lipinski definition) is 3. The van der Waals surface area contributed by atoms with Crippen LogP contribution in [-0.4, -0.2) is 36.6 Å². The van der Waals surface area contributed by atoms with Crippen LogP contribution in [0.25, 0.3) is 0 Å². The van der Waals surface area contributed by atoms with Crippen LogP contribution in [0, 0.1) is 0 Å². The third kappa shape index (κ3) is 3.88. The van der Waals surface area contributed by atoms with Crippen molar-refractivity contribution in [2.24, 2.45) is 0 Å². The number of hydrogen-bond donors (Lipinski definition) is 1. The Hall–Kier alpha value is -0.390. The van der Waals surface area contributed by atoms with Gasteiger partial charge in [-0.25, -0.2) is 0 Å². The third-order valence-electron chi connectivity index (χ3n) is 2.71. The van der Waals surface area contributed by atoms with Gasteiger partial charge in [-0.3, -0.25) is 4.68 Å². The van der Waals surface area contributed by atoms with E-state index in [1.807, 2.05) is 17.9 Å².